The Labute approximate surface area is 272 Å². The summed E-state index contributed by atoms with van der Waals surface area (Å²) >= 11 is 0. The van der Waals surface area contributed by atoms with Gasteiger partial charge in [-0.3, -0.25) is 0 Å². The van der Waals surface area contributed by atoms with Crippen molar-refractivity contribution in [1.82, 2.24) is 15.0 Å². The zero-order valence-electron chi connectivity index (χ0n) is 25.2. The van der Waals surface area contributed by atoms with Crippen molar-refractivity contribution in [2.75, 3.05) is 0 Å². The number of aromatic nitrogens is 3. The smallest absolute Gasteiger partial charge is 0.164 e. The molecule has 218 valence electrons. The quantitative estimate of drug-likeness (QED) is 0.197. The summed E-state index contributed by atoms with van der Waals surface area (Å²) in [6.45, 7) is 0. The van der Waals surface area contributed by atoms with E-state index < -0.39 is 5.41 Å². The van der Waals surface area contributed by atoms with E-state index in [0.717, 1.165) is 33.4 Å². The maximum absolute atomic E-state index is 9.39. The summed E-state index contributed by atoms with van der Waals surface area (Å²) in [5.41, 5.74) is 9.96. The van der Waals surface area contributed by atoms with Gasteiger partial charge in [-0.05, 0) is 81.9 Å². The molecule has 0 bridgehead atoms. The van der Waals surface area contributed by atoms with Gasteiger partial charge in [0.15, 0.2) is 17.5 Å². The van der Waals surface area contributed by atoms with Crippen molar-refractivity contribution in [3.05, 3.63) is 185 Å². The van der Waals surface area contributed by atoms with Crippen LogP contribution in [0.2, 0.25) is 0 Å². The maximum atomic E-state index is 9.39. The monoisotopic (exact) mass is 599 g/mol. The second-order valence-electron chi connectivity index (χ2n) is 11.4. The van der Waals surface area contributed by atoms with Crippen molar-refractivity contribution in [3.8, 4) is 57.4 Å². The molecule has 0 unspecified atom stereocenters. The van der Waals surface area contributed by atoms with Crippen molar-refractivity contribution < 1.29 is 0 Å². The Bertz CT molecular complexity index is 2230. The van der Waals surface area contributed by atoms with Gasteiger partial charge in [-0.2, -0.15) is 10.5 Å². The third-order valence-corrected chi connectivity index (χ3v) is 8.90. The molecule has 7 aromatic rings. The van der Waals surface area contributed by atoms with E-state index in [1.807, 2.05) is 24.3 Å². The molecule has 0 atom stereocenters. The Morgan fingerprint density at radius 1 is 0.404 bits per heavy atom. The minimum atomic E-state index is -0.552. The zero-order valence-corrected chi connectivity index (χ0v) is 25.2. The molecule has 0 aliphatic heterocycles. The van der Waals surface area contributed by atoms with Crippen LogP contribution in [0.3, 0.4) is 0 Å². The predicted molar refractivity (Wildman–Crippen MR) is 183 cm³/mol. The highest BCUT2D eigenvalue weighted by Gasteiger charge is 2.46. The highest BCUT2D eigenvalue weighted by molar-refractivity contribution is 5.94. The summed E-state index contributed by atoms with van der Waals surface area (Å²) in [4.78, 5) is 15.0. The van der Waals surface area contributed by atoms with Crippen LogP contribution >= 0.6 is 0 Å². The van der Waals surface area contributed by atoms with Crippen LogP contribution in [-0.2, 0) is 5.41 Å². The van der Waals surface area contributed by atoms with Crippen LogP contribution in [0.5, 0.6) is 0 Å². The number of hydrogen-bond donors (Lipinski definition) is 0. The average molecular weight is 600 g/mol. The molecule has 0 saturated carbocycles. The fourth-order valence-corrected chi connectivity index (χ4v) is 6.82. The van der Waals surface area contributed by atoms with Crippen molar-refractivity contribution in [1.29, 1.82) is 10.5 Å². The van der Waals surface area contributed by atoms with Crippen LogP contribution in [-0.4, -0.2) is 15.0 Å². The first-order valence-corrected chi connectivity index (χ1v) is 15.3. The van der Waals surface area contributed by atoms with Crippen molar-refractivity contribution in [2.45, 2.75) is 5.41 Å². The topological polar surface area (TPSA) is 86.2 Å². The van der Waals surface area contributed by atoms with E-state index in [0.29, 0.717) is 28.6 Å². The van der Waals surface area contributed by atoms with Crippen molar-refractivity contribution in [3.63, 3.8) is 0 Å². The van der Waals surface area contributed by atoms with E-state index in [-0.39, 0.29) is 0 Å². The normalized spacial score (nSPS) is 12.4. The number of hydrogen-bond acceptors (Lipinski definition) is 5. The largest absolute Gasteiger partial charge is 0.208 e. The van der Waals surface area contributed by atoms with Gasteiger partial charge in [0.25, 0.3) is 0 Å². The molecule has 0 fully saturated rings. The van der Waals surface area contributed by atoms with Crippen LogP contribution in [0.25, 0.3) is 45.3 Å². The first-order chi connectivity index (χ1) is 23.2. The summed E-state index contributed by atoms with van der Waals surface area (Å²) in [5.74, 6) is 1.54. The SMILES string of the molecule is N#Cc1ccc(-c2nc(-c3ccc(C#N)cc3)nc(-c3cccc4c3-c3ccccc3C4(c3ccccc3)c3ccccc3)n2)cc1. The molecule has 5 nitrogen and oxygen atoms in total. The molecule has 0 spiro atoms. The molecule has 8 rings (SSSR count). The fourth-order valence-electron chi connectivity index (χ4n) is 6.82. The first-order valence-electron chi connectivity index (χ1n) is 15.3. The number of fused-ring (bicyclic) bond motifs is 3. The Balaban J connectivity index is 1.42. The van der Waals surface area contributed by atoms with E-state index in [1.54, 1.807) is 24.3 Å². The van der Waals surface area contributed by atoms with Crippen LogP contribution in [0.15, 0.2) is 152 Å². The molecule has 0 N–H and O–H groups in total. The van der Waals surface area contributed by atoms with Gasteiger partial charge < -0.3 is 0 Å². The molecule has 1 heterocycles. The third kappa shape index (κ3) is 4.50. The Morgan fingerprint density at radius 3 is 1.38 bits per heavy atom. The van der Waals surface area contributed by atoms with Crippen LogP contribution in [0.1, 0.15) is 33.4 Å². The van der Waals surface area contributed by atoms with Crippen LogP contribution in [0.4, 0.5) is 0 Å². The highest BCUT2D eigenvalue weighted by Crippen LogP contribution is 2.58. The standard InChI is InChI=1S/C42H25N5/c43-26-28-18-22-30(23-19-28)39-45-40(31-24-20-29(27-44)21-25-31)47-41(46-39)35-15-9-17-37-38(35)34-14-7-8-16-36(34)42(37,32-10-3-1-4-11-32)33-12-5-2-6-13-33/h1-25H. The molecule has 5 heteroatoms. The van der Waals surface area contributed by atoms with E-state index >= 15 is 0 Å². The van der Waals surface area contributed by atoms with Gasteiger partial charge in [-0.15, -0.1) is 0 Å². The Kier molecular flexibility index (Phi) is 6.72. The number of rotatable bonds is 5. The van der Waals surface area contributed by atoms with Crippen LogP contribution < -0.4 is 0 Å². The number of nitriles is 2. The molecular formula is C42H25N5. The second-order valence-corrected chi connectivity index (χ2v) is 11.4. The van der Waals surface area contributed by atoms with Gasteiger partial charge >= 0.3 is 0 Å². The molecular weight excluding hydrogens is 574 g/mol. The molecule has 1 aromatic heterocycles. The maximum Gasteiger partial charge on any atom is 0.164 e. The Hall–Kier alpha value is -6.69. The first kappa shape index (κ1) is 27.8. The zero-order chi connectivity index (χ0) is 31.8. The van der Waals surface area contributed by atoms with Gasteiger partial charge in [-0.1, -0.05) is 103 Å². The second kappa shape index (κ2) is 11.3. The minimum absolute atomic E-state index is 0.500. The lowest BCUT2D eigenvalue weighted by Gasteiger charge is -2.33. The van der Waals surface area contributed by atoms with E-state index in [2.05, 4.69) is 115 Å². The summed E-state index contributed by atoms with van der Waals surface area (Å²) in [7, 11) is 0. The lowest BCUT2D eigenvalue weighted by atomic mass is 9.67. The highest BCUT2D eigenvalue weighted by atomic mass is 15.0. The summed E-state index contributed by atoms with van der Waals surface area (Å²) in [5, 5.41) is 18.8. The van der Waals surface area contributed by atoms with E-state index in [1.165, 1.54) is 16.7 Å². The van der Waals surface area contributed by atoms with E-state index in [4.69, 9.17) is 15.0 Å². The molecule has 6 aromatic carbocycles. The van der Waals surface area contributed by atoms with Gasteiger partial charge in [0.2, 0.25) is 0 Å². The molecule has 0 saturated heterocycles. The van der Waals surface area contributed by atoms with Gasteiger partial charge in [0.05, 0.1) is 28.7 Å². The van der Waals surface area contributed by atoms with Crippen LogP contribution in [0, 0.1) is 22.7 Å². The summed E-state index contributed by atoms with van der Waals surface area (Å²) < 4.78 is 0. The molecule has 0 radical (unpaired) electrons. The van der Waals surface area contributed by atoms with Gasteiger partial charge in [0, 0.05) is 16.7 Å². The lowest BCUT2D eigenvalue weighted by Crippen LogP contribution is -2.28. The summed E-state index contributed by atoms with van der Waals surface area (Å²) in [6.07, 6.45) is 0. The molecule has 47 heavy (non-hydrogen) atoms. The molecule has 1 aliphatic rings. The van der Waals surface area contributed by atoms with Crippen molar-refractivity contribution in [2.24, 2.45) is 0 Å². The minimum Gasteiger partial charge on any atom is -0.208 e. The molecule has 0 amide bonds. The Morgan fingerprint density at radius 2 is 0.851 bits per heavy atom. The van der Waals surface area contributed by atoms with Gasteiger partial charge in [0.1, 0.15) is 0 Å². The molecule has 1 aliphatic carbocycles. The average Bonchev–Trinajstić information content (AvgIpc) is 3.47. The fraction of sp³-hybridized carbons (Fsp3) is 0.0238. The number of nitrogens with zero attached hydrogens (tertiary/aromatic N) is 5. The van der Waals surface area contributed by atoms with E-state index in [9.17, 15) is 10.5 Å². The van der Waals surface area contributed by atoms with Gasteiger partial charge in [-0.25, -0.2) is 15.0 Å². The predicted octanol–water partition coefficient (Wildman–Crippen LogP) is 8.98. The van der Waals surface area contributed by atoms with Crippen molar-refractivity contribution >= 4 is 0 Å². The summed E-state index contributed by atoms with van der Waals surface area (Å²) in [6, 6.07) is 55.3. The third-order valence-electron chi connectivity index (χ3n) is 8.90. The lowest BCUT2D eigenvalue weighted by molar-refractivity contribution is 0.768. The number of benzene rings is 6.